The number of nitrogens with zero attached hydrogens (tertiary/aromatic N) is 1. The maximum absolute atomic E-state index is 4.58. The largest absolute Gasteiger partial charge is 0.307 e. The quantitative estimate of drug-likeness (QED) is 0.775. The van der Waals surface area contributed by atoms with Crippen molar-refractivity contribution in [2.75, 3.05) is 18.1 Å². The Bertz CT molecular complexity index is 290. The van der Waals surface area contributed by atoms with E-state index in [-0.39, 0.29) is 0 Å². The first kappa shape index (κ1) is 9.49. The van der Waals surface area contributed by atoms with Gasteiger partial charge in [-0.2, -0.15) is 11.8 Å². The fraction of sp³-hybridized carbons (Fsp3) is 0.667. The topological polar surface area (TPSA) is 24.9 Å². The first-order valence-corrected chi connectivity index (χ1v) is 6.49. The third-order valence-corrected chi connectivity index (χ3v) is 4.15. The van der Waals surface area contributed by atoms with Gasteiger partial charge < -0.3 is 5.32 Å². The third-order valence-electron chi connectivity index (χ3n) is 2.19. The van der Waals surface area contributed by atoms with E-state index in [2.05, 4.69) is 24.1 Å². The van der Waals surface area contributed by atoms with E-state index in [0.717, 1.165) is 6.54 Å². The highest BCUT2D eigenvalue weighted by atomic mass is 32.2. The third kappa shape index (κ3) is 2.06. The van der Waals surface area contributed by atoms with E-state index in [1.165, 1.54) is 27.1 Å². The number of rotatable bonds is 1. The average Bonchev–Trinajstić information content (AvgIpc) is 2.47. The molecule has 0 bridgehead atoms. The normalized spacial score (nSPS) is 23.4. The molecule has 1 aromatic heterocycles. The number of aryl methyl sites for hydroxylation is 2. The Labute approximate surface area is 87.1 Å². The Kier molecular flexibility index (Phi) is 2.91. The number of thiazole rings is 1. The molecule has 4 heteroatoms. The molecule has 1 fully saturated rings. The van der Waals surface area contributed by atoms with Crippen molar-refractivity contribution in [1.29, 1.82) is 0 Å². The lowest BCUT2D eigenvalue weighted by molar-refractivity contribution is 0.580. The van der Waals surface area contributed by atoms with Crippen LogP contribution in [0.2, 0.25) is 0 Å². The predicted molar refractivity (Wildman–Crippen MR) is 59.7 cm³/mol. The van der Waals surface area contributed by atoms with Crippen LogP contribution in [0.15, 0.2) is 0 Å². The lowest BCUT2D eigenvalue weighted by atomic mass is 10.2. The van der Waals surface area contributed by atoms with Gasteiger partial charge in [-0.05, 0) is 13.8 Å². The lowest BCUT2D eigenvalue weighted by Gasteiger charge is -2.22. The standard InChI is InChI=1S/C9H14N2S2/c1-6-9(11-7(2)13-6)8-5-12-4-3-10-8/h8,10H,3-5H2,1-2H3. The number of hydrogen-bond donors (Lipinski definition) is 1. The van der Waals surface area contributed by atoms with Crippen LogP contribution in [-0.2, 0) is 0 Å². The molecule has 1 saturated heterocycles. The minimum absolute atomic E-state index is 0.490. The Morgan fingerprint density at radius 1 is 1.46 bits per heavy atom. The Morgan fingerprint density at radius 2 is 2.31 bits per heavy atom. The monoisotopic (exact) mass is 214 g/mol. The van der Waals surface area contributed by atoms with Gasteiger partial charge in [0.05, 0.1) is 16.7 Å². The molecular weight excluding hydrogens is 200 g/mol. The number of hydrogen-bond acceptors (Lipinski definition) is 4. The van der Waals surface area contributed by atoms with Gasteiger partial charge in [0.15, 0.2) is 0 Å². The summed E-state index contributed by atoms with van der Waals surface area (Å²) in [5.74, 6) is 2.41. The summed E-state index contributed by atoms with van der Waals surface area (Å²) in [6.45, 7) is 5.36. The van der Waals surface area contributed by atoms with Gasteiger partial charge in [0.1, 0.15) is 0 Å². The minimum Gasteiger partial charge on any atom is -0.307 e. The smallest absolute Gasteiger partial charge is 0.0900 e. The van der Waals surface area contributed by atoms with Crippen molar-refractivity contribution < 1.29 is 0 Å². The highest BCUT2D eigenvalue weighted by Gasteiger charge is 2.19. The predicted octanol–water partition coefficient (Wildman–Crippen LogP) is 2.14. The second-order valence-electron chi connectivity index (χ2n) is 3.26. The van der Waals surface area contributed by atoms with Crippen molar-refractivity contribution in [3.8, 4) is 0 Å². The summed E-state index contributed by atoms with van der Waals surface area (Å²) < 4.78 is 0. The first-order chi connectivity index (χ1) is 6.27. The molecule has 0 radical (unpaired) electrons. The first-order valence-electron chi connectivity index (χ1n) is 4.52. The van der Waals surface area contributed by atoms with Gasteiger partial charge in [-0.15, -0.1) is 11.3 Å². The van der Waals surface area contributed by atoms with Gasteiger partial charge >= 0.3 is 0 Å². The fourth-order valence-electron chi connectivity index (χ4n) is 1.61. The highest BCUT2D eigenvalue weighted by Crippen LogP contribution is 2.26. The zero-order valence-electron chi connectivity index (χ0n) is 7.96. The SMILES string of the molecule is Cc1nc(C2CSCCN2)c(C)s1. The number of thioether (sulfide) groups is 1. The summed E-state index contributed by atoms with van der Waals surface area (Å²) in [5.41, 5.74) is 1.27. The van der Waals surface area contributed by atoms with Crippen molar-refractivity contribution in [2.24, 2.45) is 0 Å². The van der Waals surface area contributed by atoms with Crippen LogP contribution in [0.5, 0.6) is 0 Å². The summed E-state index contributed by atoms with van der Waals surface area (Å²) in [4.78, 5) is 5.95. The van der Waals surface area contributed by atoms with E-state index < -0.39 is 0 Å². The van der Waals surface area contributed by atoms with Crippen LogP contribution < -0.4 is 5.32 Å². The van der Waals surface area contributed by atoms with Crippen molar-refractivity contribution in [1.82, 2.24) is 10.3 Å². The molecule has 1 aliphatic rings. The molecule has 0 spiro atoms. The average molecular weight is 214 g/mol. The highest BCUT2D eigenvalue weighted by molar-refractivity contribution is 7.99. The molecule has 1 aromatic rings. The van der Waals surface area contributed by atoms with Crippen LogP contribution in [0.25, 0.3) is 0 Å². The van der Waals surface area contributed by atoms with Gasteiger partial charge in [0.25, 0.3) is 0 Å². The summed E-state index contributed by atoms with van der Waals surface area (Å²) in [6, 6.07) is 0.490. The van der Waals surface area contributed by atoms with E-state index in [4.69, 9.17) is 0 Å². The zero-order valence-corrected chi connectivity index (χ0v) is 9.60. The second kappa shape index (κ2) is 3.98. The van der Waals surface area contributed by atoms with Gasteiger partial charge in [0, 0.05) is 22.9 Å². The van der Waals surface area contributed by atoms with Gasteiger partial charge in [-0.1, -0.05) is 0 Å². The van der Waals surface area contributed by atoms with Crippen LogP contribution in [0, 0.1) is 13.8 Å². The summed E-state index contributed by atoms with van der Waals surface area (Å²) in [6.07, 6.45) is 0. The molecule has 0 saturated carbocycles. The number of aromatic nitrogens is 1. The van der Waals surface area contributed by atoms with Crippen molar-refractivity contribution in [3.63, 3.8) is 0 Å². The van der Waals surface area contributed by atoms with Crippen LogP contribution in [0.3, 0.4) is 0 Å². The Balaban J connectivity index is 2.18. The molecule has 1 atom stereocenters. The van der Waals surface area contributed by atoms with Crippen molar-refractivity contribution in [3.05, 3.63) is 15.6 Å². The second-order valence-corrected chi connectivity index (χ2v) is 5.81. The molecular formula is C9H14N2S2. The van der Waals surface area contributed by atoms with Crippen molar-refractivity contribution >= 4 is 23.1 Å². The Morgan fingerprint density at radius 3 is 2.85 bits per heavy atom. The van der Waals surface area contributed by atoms with E-state index in [1.807, 2.05) is 11.8 Å². The summed E-state index contributed by atoms with van der Waals surface area (Å²) in [5, 5.41) is 4.70. The van der Waals surface area contributed by atoms with Crippen LogP contribution in [-0.4, -0.2) is 23.0 Å². The molecule has 2 rings (SSSR count). The Hall–Kier alpha value is -0.0600. The molecule has 1 unspecified atom stereocenters. The zero-order chi connectivity index (χ0) is 9.26. The summed E-state index contributed by atoms with van der Waals surface area (Å²) >= 11 is 3.82. The summed E-state index contributed by atoms with van der Waals surface area (Å²) in [7, 11) is 0. The minimum atomic E-state index is 0.490. The van der Waals surface area contributed by atoms with Crippen LogP contribution in [0.4, 0.5) is 0 Å². The van der Waals surface area contributed by atoms with Crippen molar-refractivity contribution in [2.45, 2.75) is 19.9 Å². The molecule has 1 N–H and O–H groups in total. The molecule has 2 heterocycles. The molecule has 1 aliphatic heterocycles. The molecule has 13 heavy (non-hydrogen) atoms. The van der Waals surface area contributed by atoms with E-state index in [1.54, 1.807) is 11.3 Å². The van der Waals surface area contributed by atoms with Gasteiger partial charge in [-0.25, -0.2) is 4.98 Å². The molecule has 0 aromatic carbocycles. The fourth-order valence-corrected chi connectivity index (χ4v) is 3.43. The molecule has 72 valence electrons. The van der Waals surface area contributed by atoms with Crippen LogP contribution in [0.1, 0.15) is 21.6 Å². The number of nitrogens with one attached hydrogen (secondary N) is 1. The maximum atomic E-state index is 4.58. The maximum Gasteiger partial charge on any atom is 0.0900 e. The van der Waals surface area contributed by atoms with E-state index in [9.17, 15) is 0 Å². The van der Waals surface area contributed by atoms with Gasteiger partial charge in [-0.3, -0.25) is 0 Å². The van der Waals surface area contributed by atoms with E-state index >= 15 is 0 Å². The molecule has 2 nitrogen and oxygen atoms in total. The molecule has 0 amide bonds. The molecule has 0 aliphatic carbocycles. The van der Waals surface area contributed by atoms with Gasteiger partial charge in [0.2, 0.25) is 0 Å². The lowest BCUT2D eigenvalue weighted by Crippen LogP contribution is -2.30. The van der Waals surface area contributed by atoms with E-state index in [0.29, 0.717) is 6.04 Å². The van der Waals surface area contributed by atoms with Crippen LogP contribution >= 0.6 is 23.1 Å².